The number of benzene rings is 1. The van der Waals surface area contributed by atoms with Crippen LogP contribution in [0.1, 0.15) is 19.3 Å². The molecular weight excluding hydrogens is 308 g/mol. The minimum Gasteiger partial charge on any atom is -0.385 e. The van der Waals surface area contributed by atoms with Crippen LogP contribution in [0.15, 0.2) is 23.1 Å². The molecule has 1 N–H and O–H groups in total. The zero-order chi connectivity index (χ0) is 15.5. The Kier molecular flexibility index (Phi) is 5.18. The molecule has 0 bridgehead atoms. The topological polar surface area (TPSA) is 64.1 Å². The molecule has 0 atom stereocenters. The first kappa shape index (κ1) is 16.2. The molecule has 116 valence electrons. The summed E-state index contributed by atoms with van der Waals surface area (Å²) in [5, 5.41) is 0. The number of rotatable bonds is 7. The number of imidazole rings is 1. The highest BCUT2D eigenvalue weighted by Crippen LogP contribution is 2.23. The zero-order valence-electron chi connectivity index (χ0n) is 12.3. The average Bonchev–Trinajstić information content (AvgIpc) is 2.73. The number of fused-ring (bicyclic) bond motifs is 1. The maximum atomic E-state index is 11.8. The Morgan fingerprint density at radius 1 is 1.29 bits per heavy atom. The van der Waals surface area contributed by atoms with E-state index in [9.17, 15) is 8.42 Å². The van der Waals surface area contributed by atoms with Gasteiger partial charge in [-0.05, 0) is 43.6 Å². The highest BCUT2D eigenvalue weighted by atomic mass is 32.2. The van der Waals surface area contributed by atoms with Gasteiger partial charge in [-0.25, -0.2) is 8.42 Å². The number of aromatic nitrogens is 2. The molecule has 1 aromatic heterocycles. The molecular formula is C14H20N2O3S2. The fourth-order valence-corrected chi connectivity index (χ4v) is 3.52. The second kappa shape index (κ2) is 6.72. The van der Waals surface area contributed by atoms with Gasteiger partial charge in [-0.15, -0.1) is 0 Å². The second-order valence-corrected chi connectivity index (χ2v) is 7.43. The molecule has 7 heteroatoms. The predicted octanol–water partition coefficient (Wildman–Crippen LogP) is 2.92. The minimum absolute atomic E-state index is 0.296. The average molecular weight is 328 g/mol. The van der Waals surface area contributed by atoms with Gasteiger partial charge in [0.2, 0.25) is 0 Å². The number of nitrogens with zero attached hydrogens (tertiary/aromatic N) is 1. The van der Waals surface area contributed by atoms with Crippen molar-refractivity contribution in [1.29, 1.82) is 0 Å². The SMILES string of the molecule is COCCCCCn1c(=S)[nH]c2c(S(C)(=O)=O)cccc21. The number of unbranched alkanes of at least 4 members (excludes halogenated alkanes) is 2. The van der Waals surface area contributed by atoms with Gasteiger partial charge in [0.25, 0.3) is 0 Å². The number of H-pyrrole nitrogens is 1. The minimum atomic E-state index is -3.27. The van der Waals surface area contributed by atoms with Gasteiger partial charge >= 0.3 is 0 Å². The van der Waals surface area contributed by atoms with Gasteiger partial charge in [-0.2, -0.15) is 0 Å². The molecule has 2 aromatic rings. The Bertz CT molecular complexity index is 775. The summed E-state index contributed by atoms with van der Waals surface area (Å²) in [4.78, 5) is 3.32. The molecule has 0 saturated carbocycles. The van der Waals surface area contributed by atoms with Gasteiger partial charge in [-0.1, -0.05) is 6.07 Å². The molecule has 0 saturated heterocycles. The van der Waals surface area contributed by atoms with E-state index in [2.05, 4.69) is 4.98 Å². The highest BCUT2D eigenvalue weighted by molar-refractivity contribution is 7.91. The van der Waals surface area contributed by atoms with E-state index >= 15 is 0 Å². The van der Waals surface area contributed by atoms with Crippen molar-refractivity contribution in [2.24, 2.45) is 0 Å². The summed E-state index contributed by atoms with van der Waals surface area (Å²) >= 11 is 5.32. The number of aromatic amines is 1. The van der Waals surface area contributed by atoms with Crippen molar-refractivity contribution in [2.45, 2.75) is 30.7 Å². The molecule has 0 aliphatic rings. The fraction of sp³-hybridized carbons (Fsp3) is 0.500. The van der Waals surface area contributed by atoms with Crippen molar-refractivity contribution in [3.63, 3.8) is 0 Å². The lowest BCUT2D eigenvalue weighted by molar-refractivity contribution is 0.191. The van der Waals surface area contributed by atoms with Crippen LogP contribution >= 0.6 is 12.2 Å². The van der Waals surface area contributed by atoms with Crippen molar-refractivity contribution >= 4 is 33.1 Å². The molecule has 1 heterocycles. The van der Waals surface area contributed by atoms with Gasteiger partial charge in [-0.3, -0.25) is 0 Å². The number of hydrogen-bond donors (Lipinski definition) is 1. The van der Waals surface area contributed by atoms with E-state index in [1.165, 1.54) is 6.26 Å². The van der Waals surface area contributed by atoms with E-state index in [0.29, 0.717) is 15.2 Å². The molecule has 0 amide bonds. The van der Waals surface area contributed by atoms with Gasteiger partial charge in [0.15, 0.2) is 14.6 Å². The number of ether oxygens (including phenoxy) is 1. The van der Waals surface area contributed by atoms with Gasteiger partial charge in [0.05, 0.1) is 15.9 Å². The summed E-state index contributed by atoms with van der Waals surface area (Å²) in [5.74, 6) is 0. The number of hydrogen-bond acceptors (Lipinski definition) is 4. The number of sulfone groups is 1. The van der Waals surface area contributed by atoms with Crippen molar-refractivity contribution in [2.75, 3.05) is 20.0 Å². The van der Waals surface area contributed by atoms with E-state index < -0.39 is 9.84 Å². The van der Waals surface area contributed by atoms with Crippen LogP contribution < -0.4 is 0 Å². The quantitative estimate of drug-likeness (QED) is 0.627. The Labute approximate surface area is 129 Å². The van der Waals surface area contributed by atoms with E-state index in [1.54, 1.807) is 19.2 Å². The Morgan fingerprint density at radius 2 is 2.05 bits per heavy atom. The molecule has 0 aliphatic carbocycles. The van der Waals surface area contributed by atoms with Crippen molar-refractivity contribution in [3.05, 3.63) is 23.0 Å². The lowest BCUT2D eigenvalue weighted by atomic mass is 10.2. The number of methoxy groups -OCH3 is 1. The number of para-hydroxylation sites is 1. The van der Waals surface area contributed by atoms with Crippen LogP contribution in [-0.2, 0) is 21.1 Å². The summed E-state index contributed by atoms with van der Waals surface area (Å²) in [6.45, 7) is 1.53. The third kappa shape index (κ3) is 3.72. The fourth-order valence-electron chi connectivity index (χ4n) is 2.38. The van der Waals surface area contributed by atoms with Crippen LogP contribution in [0.2, 0.25) is 0 Å². The van der Waals surface area contributed by atoms with Crippen molar-refractivity contribution < 1.29 is 13.2 Å². The monoisotopic (exact) mass is 328 g/mol. The first-order valence-corrected chi connectivity index (χ1v) is 9.15. The van der Waals surface area contributed by atoms with Crippen LogP contribution in [0.4, 0.5) is 0 Å². The Balaban J connectivity index is 2.30. The standard InChI is InChI=1S/C14H20N2O3S2/c1-19-10-5-3-4-9-16-11-7-6-8-12(21(2,17)18)13(11)15-14(16)20/h6-8H,3-5,9-10H2,1-2H3,(H,15,20). The maximum absolute atomic E-state index is 11.8. The smallest absolute Gasteiger partial charge is 0.178 e. The van der Waals surface area contributed by atoms with E-state index in [4.69, 9.17) is 17.0 Å². The summed E-state index contributed by atoms with van der Waals surface area (Å²) in [7, 11) is -1.58. The van der Waals surface area contributed by atoms with Gasteiger partial charge in [0, 0.05) is 26.5 Å². The van der Waals surface area contributed by atoms with Crippen LogP contribution in [0.25, 0.3) is 11.0 Å². The molecule has 0 aliphatic heterocycles. The molecule has 0 radical (unpaired) electrons. The third-order valence-corrected chi connectivity index (χ3v) is 4.86. The second-order valence-electron chi connectivity index (χ2n) is 5.06. The molecule has 0 fully saturated rings. The Morgan fingerprint density at radius 3 is 2.71 bits per heavy atom. The normalized spacial score (nSPS) is 12.1. The van der Waals surface area contributed by atoms with E-state index in [1.807, 2.05) is 10.6 Å². The van der Waals surface area contributed by atoms with E-state index in [0.717, 1.165) is 37.9 Å². The summed E-state index contributed by atoms with van der Waals surface area (Å²) in [6.07, 6.45) is 4.25. The van der Waals surface area contributed by atoms with E-state index in [-0.39, 0.29) is 0 Å². The van der Waals surface area contributed by atoms with Gasteiger partial charge in [0.1, 0.15) is 0 Å². The molecule has 0 spiro atoms. The maximum Gasteiger partial charge on any atom is 0.178 e. The lowest BCUT2D eigenvalue weighted by Crippen LogP contribution is -2.00. The summed E-state index contributed by atoms with van der Waals surface area (Å²) in [6, 6.07) is 5.25. The largest absolute Gasteiger partial charge is 0.385 e. The summed E-state index contributed by atoms with van der Waals surface area (Å²) in [5.41, 5.74) is 1.44. The highest BCUT2D eigenvalue weighted by Gasteiger charge is 2.15. The first-order chi connectivity index (χ1) is 9.95. The predicted molar refractivity (Wildman–Crippen MR) is 86.0 cm³/mol. The molecule has 1 aromatic carbocycles. The van der Waals surface area contributed by atoms with Crippen LogP contribution in [-0.4, -0.2) is 37.9 Å². The number of aryl methyl sites for hydroxylation is 1. The molecule has 21 heavy (non-hydrogen) atoms. The van der Waals surface area contributed by atoms with Crippen LogP contribution in [0.3, 0.4) is 0 Å². The number of nitrogens with one attached hydrogen (secondary N) is 1. The van der Waals surface area contributed by atoms with Gasteiger partial charge < -0.3 is 14.3 Å². The molecule has 2 rings (SSSR count). The molecule has 5 nitrogen and oxygen atoms in total. The Hall–Kier alpha value is -1.18. The lowest BCUT2D eigenvalue weighted by Gasteiger charge is -2.05. The van der Waals surface area contributed by atoms with Crippen LogP contribution in [0.5, 0.6) is 0 Å². The van der Waals surface area contributed by atoms with Crippen molar-refractivity contribution in [1.82, 2.24) is 9.55 Å². The summed E-state index contributed by atoms with van der Waals surface area (Å²) < 4.78 is 31.2. The van der Waals surface area contributed by atoms with Crippen molar-refractivity contribution in [3.8, 4) is 0 Å². The van der Waals surface area contributed by atoms with Crippen LogP contribution in [0, 0.1) is 4.77 Å². The molecule has 0 unspecified atom stereocenters. The zero-order valence-corrected chi connectivity index (χ0v) is 13.9. The first-order valence-electron chi connectivity index (χ1n) is 6.85. The third-order valence-electron chi connectivity index (χ3n) is 3.40.